The fourth-order valence-electron chi connectivity index (χ4n) is 3.49. The monoisotopic (exact) mass is 353 g/mol. The molecule has 1 fully saturated rings. The largest absolute Gasteiger partial charge is 0.496 e. The molecule has 118 valence electrons. The summed E-state index contributed by atoms with van der Waals surface area (Å²) in [6, 6.07) is 8.90. The molecule has 1 unspecified atom stereocenters. The lowest BCUT2D eigenvalue weighted by Crippen LogP contribution is -2.40. The van der Waals surface area contributed by atoms with E-state index in [1.807, 2.05) is 6.07 Å². The Hall–Kier alpha value is -0.540. The van der Waals surface area contributed by atoms with Gasteiger partial charge in [0.15, 0.2) is 0 Å². The van der Waals surface area contributed by atoms with Gasteiger partial charge in [-0.15, -0.1) is 0 Å². The van der Waals surface area contributed by atoms with E-state index >= 15 is 0 Å². The van der Waals surface area contributed by atoms with E-state index in [2.05, 4.69) is 53.0 Å². The molecular formula is C18H28BrNO. The molecule has 1 aliphatic carbocycles. The molecule has 0 amide bonds. The van der Waals surface area contributed by atoms with Gasteiger partial charge < -0.3 is 9.64 Å². The van der Waals surface area contributed by atoms with E-state index in [9.17, 15) is 0 Å². The summed E-state index contributed by atoms with van der Waals surface area (Å²) in [5.41, 5.74) is 1.79. The molecule has 0 bridgehead atoms. The number of rotatable bonds is 7. The van der Waals surface area contributed by atoms with E-state index in [1.165, 1.54) is 37.8 Å². The van der Waals surface area contributed by atoms with Crippen molar-refractivity contribution in [1.29, 1.82) is 0 Å². The van der Waals surface area contributed by atoms with Crippen molar-refractivity contribution in [2.45, 2.75) is 45.1 Å². The van der Waals surface area contributed by atoms with Crippen LogP contribution < -0.4 is 4.74 Å². The summed E-state index contributed by atoms with van der Waals surface area (Å²) in [6.45, 7) is 3.51. The lowest BCUT2D eigenvalue weighted by atomic mass is 9.87. The molecule has 0 aromatic heterocycles. The number of alkyl halides is 1. The van der Waals surface area contributed by atoms with Crippen molar-refractivity contribution in [1.82, 2.24) is 4.90 Å². The van der Waals surface area contributed by atoms with Crippen LogP contribution in [-0.2, 0) is 6.42 Å². The Labute approximate surface area is 138 Å². The summed E-state index contributed by atoms with van der Waals surface area (Å²) in [4.78, 5) is 2.53. The van der Waals surface area contributed by atoms with Gasteiger partial charge in [-0.1, -0.05) is 47.0 Å². The first-order valence-electron chi connectivity index (χ1n) is 7.98. The highest BCUT2D eigenvalue weighted by molar-refractivity contribution is 9.09. The highest BCUT2D eigenvalue weighted by Gasteiger charge is 2.34. The topological polar surface area (TPSA) is 12.5 Å². The predicted molar refractivity (Wildman–Crippen MR) is 93.5 cm³/mol. The average Bonchev–Trinajstić information content (AvgIpc) is 2.96. The van der Waals surface area contributed by atoms with E-state index in [0.29, 0.717) is 11.5 Å². The van der Waals surface area contributed by atoms with Crippen LogP contribution in [0.25, 0.3) is 0 Å². The maximum absolute atomic E-state index is 5.47. The van der Waals surface area contributed by atoms with Crippen molar-refractivity contribution >= 4 is 15.9 Å². The molecule has 1 saturated carbocycles. The van der Waals surface area contributed by atoms with Gasteiger partial charge in [-0.25, -0.2) is 0 Å². The number of hydrogen-bond acceptors (Lipinski definition) is 2. The average molecular weight is 354 g/mol. The SMILES string of the molecule is COc1ccccc1CC(C)N(C)CC1(CBr)CCCC1. The van der Waals surface area contributed by atoms with Crippen LogP contribution in [0.3, 0.4) is 0 Å². The van der Waals surface area contributed by atoms with Crippen LogP contribution in [0.4, 0.5) is 0 Å². The van der Waals surface area contributed by atoms with E-state index in [-0.39, 0.29) is 0 Å². The molecule has 1 aromatic carbocycles. The zero-order valence-corrected chi connectivity index (χ0v) is 15.2. The van der Waals surface area contributed by atoms with Crippen molar-refractivity contribution in [3.63, 3.8) is 0 Å². The van der Waals surface area contributed by atoms with Crippen molar-refractivity contribution in [2.24, 2.45) is 5.41 Å². The number of halogens is 1. The number of ether oxygens (including phenoxy) is 1. The van der Waals surface area contributed by atoms with Crippen LogP contribution >= 0.6 is 15.9 Å². The Kier molecular flexibility index (Phi) is 6.12. The van der Waals surface area contributed by atoms with Gasteiger partial charge in [0.2, 0.25) is 0 Å². The second-order valence-corrected chi connectivity index (χ2v) is 7.18. The fourth-order valence-corrected chi connectivity index (χ4v) is 4.23. The maximum atomic E-state index is 5.47. The lowest BCUT2D eigenvalue weighted by Gasteiger charge is -2.35. The minimum atomic E-state index is 0.490. The first-order chi connectivity index (χ1) is 10.1. The van der Waals surface area contributed by atoms with E-state index < -0.39 is 0 Å². The summed E-state index contributed by atoms with van der Waals surface area (Å²) >= 11 is 3.75. The highest BCUT2D eigenvalue weighted by Crippen LogP contribution is 2.40. The fraction of sp³-hybridized carbons (Fsp3) is 0.667. The normalized spacial score (nSPS) is 18.9. The quantitative estimate of drug-likeness (QED) is 0.668. The summed E-state index contributed by atoms with van der Waals surface area (Å²) in [5.74, 6) is 1.01. The molecule has 0 aliphatic heterocycles. The van der Waals surface area contributed by atoms with Gasteiger partial charge in [-0.05, 0) is 50.3 Å². The number of para-hydroxylation sites is 1. The summed E-state index contributed by atoms with van der Waals surface area (Å²) in [5, 5.41) is 1.13. The molecule has 21 heavy (non-hydrogen) atoms. The zero-order chi connectivity index (χ0) is 15.3. The number of benzene rings is 1. The van der Waals surface area contributed by atoms with Crippen molar-refractivity contribution < 1.29 is 4.74 Å². The molecule has 0 heterocycles. The smallest absolute Gasteiger partial charge is 0.122 e. The molecule has 0 saturated heterocycles. The third-order valence-electron chi connectivity index (χ3n) is 4.99. The van der Waals surface area contributed by atoms with E-state index in [0.717, 1.165) is 17.5 Å². The second-order valence-electron chi connectivity index (χ2n) is 6.62. The number of likely N-dealkylation sites (N-methyl/N-ethyl adjacent to an activating group) is 1. The second kappa shape index (κ2) is 7.64. The van der Waals surface area contributed by atoms with Gasteiger partial charge in [0, 0.05) is 17.9 Å². The van der Waals surface area contributed by atoms with Crippen molar-refractivity contribution in [2.75, 3.05) is 26.0 Å². The van der Waals surface area contributed by atoms with Gasteiger partial charge in [0.1, 0.15) is 5.75 Å². The predicted octanol–water partition coefficient (Wildman–Crippen LogP) is 4.51. The van der Waals surface area contributed by atoms with Crippen molar-refractivity contribution in [3.8, 4) is 5.75 Å². The van der Waals surface area contributed by atoms with E-state index in [4.69, 9.17) is 4.74 Å². The Balaban J connectivity index is 1.97. The standard InChI is InChI=1S/C18H28BrNO/c1-15(12-16-8-4-5-9-17(16)21-3)20(2)14-18(13-19)10-6-7-11-18/h4-5,8-9,15H,6-7,10-14H2,1-3H3. The number of hydrogen-bond donors (Lipinski definition) is 0. The first-order valence-corrected chi connectivity index (χ1v) is 9.10. The van der Waals surface area contributed by atoms with Crippen LogP contribution in [-0.4, -0.2) is 37.0 Å². The minimum Gasteiger partial charge on any atom is -0.496 e. The summed E-state index contributed by atoms with van der Waals surface area (Å²) < 4.78 is 5.47. The van der Waals surface area contributed by atoms with Crippen LogP contribution in [0.5, 0.6) is 5.75 Å². The molecular weight excluding hydrogens is 326 g/mol. The highest BCUT2D eigenvalue weighted by atomic mass is 79.9. The first kappa shape index (κ1) is 16.8. The van der Waals surface area contributed by atoms with Gasteiger partial charge in [-0.2, -0.15) is 0 Å². The Bertz CT molecular complexity index is 443. The molecule has 1 atom stereocenters. The Morgan fingerprint density at radius 1 is 1.29 bits per heavy atom. The Morgan fingerprint density at radius 3 is 2.57 bits per heavy atom. The van der Waals surface area contributed by atoms with Crippen molar-refractivity contribution in [3.05, 3.63) is 29.8 Å². The van der Waals surface area contributed by atoms with Crippen LogP contribution in [0.1, 0.15) is 38.2 Å². The molecule has 2 rings (SSSR count). The van der Waals surface area contributed by atoms with Gasteiger partial charge in [0.05, 0.1) is 7.11 Å². The zero-order valence-electron chi connectivity index (χ0n) is 13.6. The molecule has 0 spiro atoms. The molecule has 1 aromatic rings. The molecule has 0 radical (unpaired) electrons. The number of methoxy groups -OCH3 is 1. The van der Waals surface area contributed by atoms with Crippen LogP contribution in [0.15, 0.2) is 24.3 Å². The molecule has 2 nitrogen and oxygen atoms in total. The maximum Gasteiger partial charge on any atom is 0.122 e. The Morgan fingerprint density at radius 2 is 1.95 bits per heavy atom. The van der Waals surface area contributed by atoms with Gasteiger partial charge >= 0.3 is 0 Å². The molecule has 3 heteroatoms. The number of nitrogens with zero attached hydrogens (tertiary/aromatic N) is 1. The lowest BCUT2D eigenvalue weighted by molar-refractivity contribution is 0.162. The van der Waals surface area contributed by atoms with E-state index in [1.54, 1.807) is 7.11 Å². The summed E-state index contributed by atoms with van der Waals surface area (Å²) in [6.07, 6.45) is 6.55. The minimum absolute atomic E-state index is 0.490. The molecule has 0 N–H and O–H groups in total. The van der Waals surface area contributed by atoms with Crippen LogP contribution in [0.2, 0.25) is 0 Å². The van der Waals surface area contributed by atoms with Crippen LogP contribution in [0, 0.1) is 5.41 Å². The van der Waals surface area contributed by atoms with Gasteiger partial charge in [0.25, 0.3) is 0 Å². The molecule has 1 aliphatic rings. The summed E-state index contributed by atoms with van der Waals surface area (Å²) in [7, 11) is 4.02. The van der Waals surface area contributed by atoms with Gasteiger partial charge in [-0.3, -0.25) is 0 Å². The third kappa shape index (κ3) is 4.23. The third-order valence-corrected chi connectivity index (χ3v) is 6.18.